The van der Waals surface area contributed by atoms with E-state index in [1.54, 1.807) is 19.4 Å². The number of carbonyl (C=O) groups is 1. The van der Waals surface area contributed by atoms with Gasteiger partial charge >= 0.3 is 0 Å². The molecule has 0 aliphatic carbocycles. The Bertz CT molecular complexity index is 877. The van der Waals surface area contributed by atoms with Crippen LogP contribution in [0.25, 0.3) is 11.6 Å². The molecule has 0 saturated heterocycles. The van der Waals surface area contributed by atoms with Crippen LogP contribution in [0.4, 0.5) is 5.69 Å². The summed E-state index contributed by atoms with van der Waals surface area (Å²) >= 11 is 1.36. The van der Waals surface area contributed by atoms with Gasteiger partial charge in [0.2, 0.25) is 5.91 Å². The summed E-state index contributed by atoms with van der Waals surface area (Å²) in [4.78, 5) is 12.3. The lowest BCUT2D eigenvalue weighted by Crippen LogP contribution is -2.14. The summed E-state index contributed by atoms with van der Waals surface area (Å²) in [5, 5.41) is 12.1. The highest BCUT2D eigenvalue weighted by Crippen LogP contribution is 2.25. The SMILES string of the molecule is CCCCn1c(SCC(=O)Nc2cccc(OC)c2)nnc1-c1ccco1. The fraction of sp³-hybridized carbons (Fsp3) is 0.316. The second-order valence-corrected chi connectivity index (χ2v) is 6.80. The van der Waals surface area contributed by atoms with Crippen molar-refractivity contribution in [1.29, 1.82) is 0 Å². The molecule has 0 radical (unpaired) electrons. The molecule has 27 heavy (non-hydrogen) atoms. The normalized spacial score (nSPS) is 10.7. The number of aromatic nitrogens is 3. The number of methoxy groups -OCH3 is 1. The number of hydrogen-bond donors (Lipinski definition) is 1. The zero-order valence-corrected chi connectivity index (χ0v) is 16.2. The van der Waals surface area contributed by atoms with Crippen LogP contribution >= 0.6 is 11.8 Å². The number of nitrogens with one attached hydrogen (secondary N) is 1. The minimum atomic E-state index is -0.113. The Balaban J connectivity index is 1.67. The summed E-state index contributed by atoms with van der Waals surface area (Å²) in [7, 11) is 1.59. The number of carbonyl (C=O) groups excluding carboxylic acids is 1. The first kappa shape index (κ1) is 19.0. The molecule has 0 aliphatic rings. The van der Waals surface area contributed by atoms with E-state index in [0.717, 1.165) is 19.4 Å². The Morgan fingerprint density at radius 1 is 1.30 bits per heavy atom. The molecule has 1 aromatic carbocycles. The van der Waals surface area contributed by atoms with E-state index in [9.17, 15) is 4.79 Å². The number of unbranched alkanes of at least 4 members (excludes halogenated alkanes) is 1. The largest absolute Gasteiger partial charge is 0.497 e. The minimum Gasteiger partial charge on any atom is -0.497 e. The van der Waals surface area contributed by atoms with Crippen LogP contribution in [0.15, 0.2) is 52.2 Å². The Hall–Kier alpha value is -2.74. The number of rotatable bonds is 9. The Morgan fingerprint density at radius 3 is 2.93 bits per heavy atom. The number of nitrogens with zero attached hydrogens (tertiary/aromatic N) is 3. The summed E-state index contributed by atoms with van der Waals surface area (Å²) in [5.74, 6) is 2.18. The van der Waals surface area contributed by atoms with Crippen LogP contribution in [0.2, 0.25) is 0 Å². The number of hydrogen-bond acceptors (Lipinski definition) is 6. The molecule has 0 bridgehead atoms. The van der Waals surface area contributed by atoms with Crippen LogP contribution in [0, 0.1) is 0 Å². The van der Waals surface area contributed by atoms with Crippen LogP contribution < -0.4 is 10.1 Å². The molecule has 7 nitrogen and oxygen atoms in total. The first-order valence-corrected chi connectivity index (χ1v) is 9.73. The first-order valence-electron chi connectivity index (χ1n) is 8.75. The van der Waals surface area contributed by atoms with E-state index in [1.807, 2.05) is 34.9 Å². The third-order valence-electron chi connectivity index (χ3n) is 3.88. The van der Waals surface area contributed by atoms with Crippen molar-refractivity contribution in [2.24, 2.45) is 0 Å². The summed E-state index contributed by atoms with van der Waals surface area (Å²) in [5.41, 5.74) is 0.698. The van der Waals surface area contributed by atoms with E-state index in [0.29, 0.717) is 28.2 Å². The fourth-order valence-electron chi connectivity index (χ4n) is 2.53. The summed E-state index contributed by atoms with van der Waals surface area (Å²) in [6.45, 7) is 2.91. The number of amides is 1. The second-order valence-electron chi connectivity index (χ2n) is 5.86. The van der Waals surface area contributed by atoms with Gasteiger partial charge in [0.1, 0.15) is 5.75 Å². The fourth-order valence-corrected chi connectivity index (χ4v) is 3.29. The van der Waals surface area contributed by atoms with Gasteiger partial charge < -0.3 is 14.5 Å². The topological polar surface area (TPSA) is 82.2 Å². The van der Waals surface area contributed by atoms with Crippen LogP contribution in [-0.2, 0) is 11.3 Å². The lowest BCUT2D eigenvalue weighted by atomic mass is 10.3. The van der Waals surface area contributed by atoms with Crippen molar-refractivity contribution in [1.82, 2.24) is 14.8 Å². The zero-order valence-electron chi connectivity index (χ0n) is 15.3. The standard InChI is InChI=1S/C19H22N4O3S/c1-3-4-10-23-18(16-9-6-11-26-16)21-22-19(23)27-13-17(24)20-14-7-5-8-15(12-14)25-2/h5-9,11-12H,3-4,10,13H2,1-2H3,(H,20,24). The quantitative estimate of drug-likeness (QED) is 0.558. The highest BCUT2D eigenvalue weighted by molar-refractivity contribution is 7.99. The monoisotopic (exact) mass is 386 g/mol. The Labute approximate surface area is 162 Å². The average molecular weight is 386 g/mol. The third kappa shape index (κ3) is 4.91. The molecule has 1 amide bonds. The molecule has 2 heterocycles. The molecule has 0 atom stereocenters. The van der Waals surface area contributed by atoms with Gasteiger partial charge in [-0.2, -0.15) is 0 Å². The third-order valence-corrected chi connectivity index (χ3v) is 4.85. The molecule has 8 heteroatoms. The van der Waals surface area contributed by atoms with Gasteiger partial charge in [0.25, 0.3) is 0 Å². The first-order chi connectivity index (χ1) is 13.2. The molecule has 0 spiro atoms. The van der Waals surface area contributed by atoms with Crippen LogP contribution in [0.1, 0.15) is 19.8 Å². The minimum absolute atomic E-state index is 0.113. The molecule has 0 aliphatic heterocycles. The molecular formula is C19H22N4O3S. The maximum absolute atomic E-state index is 12.3. The van der Waals surface area contributed by atoms with Gasteiger partial charge in [0.05, 0.1) is 19.1 Å². The van der Waals surface area contributed by atoms with Gasteiger partial charge in [-0.3, -0.25) is 9.36 Å². The van der Waals surface area contributed by atoms with Gasteiger partial charge in [0.15, 0.2) is 16.7 Å². The molecule has 0 fully saturated rings. The Kier molecular flexibility index (Phi) is 6.54. The number of benzene rings is 1. The van der Waals surface area contributed by atoms with Gasteiger partial charge in [0, 0.05) is 18.3 Å². The summed E-state index contributed by atoms with van der Waals surface area (Å²) in [6, 6.07) is 10.9. The van der Waals surface area contributed by atoms with Gasteiger partial charge in [-0.1, -0.05) is 31.2 Å². The molecule has 0 unspecified atom stereocenters. The predicted octanol–water partition coefficient (Wildman–Crippen LogP) is 4.08. The maximum Gasteiger partial charge on any atom is 0.234 e. The Morgan fingerprint density at radius 2 is 2.19 bits per heavy atom. The van der Waals surface area contributed by atoms with E-state index in [1.165, 1.54) is 11.8 Å². The second kappa shape index (κ2) is 9.27. The van der Waals surface area contributed by atoms with E-state index in [4.69, 9.17) is 9.15 Å². The van der Waals surface area contributed by atoms with Gasteiger partial charge in [-0.25, -0.2) is 0 Å². The number of ether oxygens (including phenoxy) is 1. The highest BCUT2D eigenvalue weighted by Gasteiger charge is 2.17. The highest BCUT2D eigenvalue weighted by atomic mass is 32.2. The van der Waals surface area contributed by atoms with Crippen molar-refractivity contribution < 1.29 is 13.9 Å². The molecule has 3 aromatic rings. The van der Waals surface area contributed by atoms with E-state index in [2.05, 4.69) is 22.4 Å². The summed E-state index contributed by atoms with van der Waals surface area (Å²) in [6.07, 6.45) is 3.66. The van der Waals surface area contributed by atoms with E-state index < -0.39 is 0 Å². The molecule has 3 rings (SSSR count). The van der Waals surface area contributed by atoms with Crippen LogP contribution in [0.5, 0.6) is 5.75 Å². The zero-order chi connectivity index (χ0) is 19.1. The van der Waals surface area contributed by atoms with Crippen molar-refractivity contribution in [3.63, 3.8) is 0 Å². The number of furan rings is 1. The van der Waals surface area contributed by atoms with Crippen molar-refractivity contribution in [3.8, 4) is 17.3 Å². The van der Waals surface area contributed by atoms with E-state index >= 15 is 0 Å². The molecule has 1 N–H and O–H groups in total. The lowest BCUT2D eigenvalue weighted by molar-refractivity contribution is -0.113. The predicted molar refractivity (Wildman–Crippen MR) is 105 cm³/mol. The summed E-state index contributed by atoms with van der Waals surface area (Å²) < 4.78 is 12.6. The average Bonchev–Trinajstić information content (AvgIpc) is 3.34. The van der Waals surface area contributed by atoms with E-state index in [-0.39, 0.29) is 11.7 Å². The lowest BCUT2D eigenvalue weighted by Gasteiger charge is -2.09. The number of thioether (sulfide) groups is 1. The van der Waals surface area contributed by atoms with Crippen molar-refractivity contribution in [3.05, 3.63) is 42.7 Å². The smallest absolute Gasteiger partial charge is 0.234 e. The van der Waals surface area contributed by atoms with Gasteiger partial charge in [-0.15, -0.1) is 10.2 Å². The van der Waals surface area contributed by atoms with Crippen LogP contribution in [-0.4, -0.2) is 33.5 Å². The van der Waals surface area contributed by atoms with Gasteiger partial charge in [-0.05, 0) is 30.7 Å². The maximum atomic E-state index is 12.3. The molecular weight excluding hydrogens is 364 g/mol. The number of anilines is 1. The molecule has 2 aromatic heterocycles. The van der Waals surface area contributed by atoms with Crippen LogP contribution in [0.3, 0.4) is 0 Å². The molecule has 142 valence electrons. The van der Waals surface area contributed by atoms with Crippen molar-refractivity contribution >= 4 is 23.4 Å². The molecule has 0 saturated carbocycles. The van der Waals surface area contributed by atoms with Crippen molar-refractivity contribution in [2.45, 2.75) is 31.5 Å². The van der Waals surface area contributed by atoms with Crippen molar-refractivity contribution in [2.75, 3.05) is 18.2 Å².